The molecule has 0 aliphatic rings. The number of nitrogens with zero attached hydrogens (tertiary/aromatic N) is 2. The van der Waals surface area contributed by atoms with Crippen molar-refractivity contribution in [2.75, 3.05) is 34.0 Å². The Kier molecular flexibility index (Phi) is 9.07. The zero-order chi connectivity index (χ0) is 20.2. The largest absolute Gasteiger partial charge is 0.491 e. The SMILES string of the molecule is CCNC(=NCc1ccc(OC)nc1)NCc1ccc(C)cc1OCCOC. The number of aromatic nitrogens is 1. The van der Waals surface area contributed by atoms with E-state index in [4.69, 9.17) is 14.2 Å². The molecule has 0 aliphatic carbocycles. The second-order valence-electron chi connectivity index (χ2n) is 6.21. The topological polar surface area (TPSA) is 77.0 Å². The van der Waals surface area contributed by atoms with Crippen molar-refractivity contribution >= 4 is 5.96 Å². The van der Waals surface area contributed by atoms with Crippen molar-refractivity contribution in [3.63, 3.8) is 0 Å². The molecule has 0 radical (unpaired) electrons. The monoisotopic (exact) mass is 386 g/mol. The lowest BCUT2D eigenvalue weighted by Crippen LogP contribution is -2.36. The van der Waals surface area contributed by atoms with Crippen molar-refractivity contribution in [1.82, 2.24) is 15.6 Å². The van der Waals surface area contributed by atoms with E-state index in [1.54, 1.807) is 20.4 Å². The summed E-state index contributed by atoms with van der Waals surface area (Å²) in [6, 6.07) is 9.98. The van der Waals surface area contributed by atoms with Gasteiger partial charge in [0.05, 0.1) is 20.3 Å². The summed E-state index contributed by atoms with van der Waals surface area (Å²) in [5, 5.41) is 6.62. The van der Waals surface area contributed by atoms with Crippen molar-refractivity contribution in [3.05, 3.63) is 53.2 Å². The van der Waals surface area contributed by atoms with Crippen molar-refractivity contribution in [2.24, 2.45) is 4.99 Å². The van der Waals surface area contributed by atoms with Gasteiger partial charge in [0.15, 0.2) is 5.96 Å². The molecule has 0 bridgehead atoms. The van der Waals surface area contributed by atoms with Gasteiger partial charge in [-0.15, -0.1) is 0 Å². The summed E-state index contributed by atoms with van der Waals surface area (Å²) in [6.07, 6.45) is 1.77. The Balaban J connectivity index is 2.01. The number of hydrogen-bond acceptors (Lipinski definition) is 5. The summed E-state index contributed by atoms with van der Waals surface area (Å²) in [5.74, 6) is 2.19. The van der Waals surface area contributed by atoms with Crippen LogP contribution >= 0.6 is 0 Å². The average Bonchev–Trinajstić information content (AvgIpc) is 2.71. The van der Waals surface area contributed by atoms with Crippen molar-refractivity contribution in [3.8, 4) is 11.6 Å². The molecule has 2 aromatic rings. The predicted molar refractivity (Wildman–Crippen MR) is 111 cm³/mol. The number of ether oxygens (including phenoxy) is 3. The van der Waals surface area contributed by atoms with Crippen molar-refractivity contribution < 1.29 is 14.2 Å². The fraction of sp³-hybridized carbons (Fsp3) is 0.429. The molecule has 0 saturated heterocycles. The van der Waals surface area contributed by atoms with Crippen LogP contribution in [0.5, 0.6) is 11.6 Å². The maximum atomic E-state index is 5.86. The number of pyridine rings is 1. The first kappa shape index (κ1) is 21.5. The third-order valence-corrected chi connectivity index (χ3v) is 3.98. The van der Waals surface area contributed by atoms with E-state index < -0.39 is 0 Å². The minimum absolute atomic E-state index is 0.519. The zero-order valence-corrected chi connectivity index (χ0v) is 17.1. The number of rotatable bonds is 10. The summed E-state index contributed by atoms with van der Waals surface area (Å²) in [4.78, 5) is 8.84. The first-order valence-corrected chi connectivity index (χ1v) is 9.38. The van der Waals surface area contributed by atoms with Crippen LogP contribution in [0.4, 0.5) is 0 Å². The van der Waals surface area contributed by atoms with E-state index in [0.29, 0.717) is 32.2 Å². The molecule has 2 N–H and O–H groups in total. The average molecular weight is 386 g/mol. The van der Waals surface area contributed by atoms with E-state index >= 15 is 0 Å². The van der Waals surface area contributed by atoms with Crippen LogP contribution in [0.25, 0.3) is 0 Å². The Morgan fingerprint density at radius 1 is 1.11 bits per heavy atom. The molecule has 152 valence electrons. The summed E-state index contributed by atoms with van der Waals surface area (Å²) in [6.45, 7) is 7.07. The van der Waals surface area contributed by atoms with E-state index in [9.17, 15) is 0 Å². The molecule has 0 saturated carbocycles. The summed E-state index contributed by atoms with van der Waals surface area (Å²) >= 11 is 0. The number of guanidine groups is 1. The van der Waals surface area contributed by atoms with Gasteiger partial charge in [-0.05, 0) is 31.0 Å². The first-order valence-electron chi connectivity index (χ1n) is 9.38. The highest BCUT2D eigenvalue weighted by Gasteiger charge is 2.06. The van der Waals surface area contributed by atoms with Crippen LogP contribution in [0.1, 0.15) is 23.6 Å². The fourth-order valence-electron chi connectivity index (χ4n) is 2.49. The molecule has 2 rings (SSSR count). The molecule has 1 heterocycles. The third-order valence-electron chi connectivity index (χ3n) is 3.98. The van der Waals surface area contributed by atoms with Gasteiger partial charge in [0.25, 0.3) is 0 Å². The lowest BCUT2D eigenvalue weighted by molar-refractivity contribution is 0.145. The Morgan fingerprint density at radius 2 is 1.96 bits per heavy atom. The zero-order valence-electron chi connectivity index (χ0n) is 17.1. The van der Waals surface area contributed by atoms with E-state index in [0.717, 1.165) is 34.9 Å². The third kappa shape index (κ3) is 7.08. The van der Waals surface area contributed by atoms with Crippen LogP contribution in [0.3, 0.4) is 0 Å². The highest BCUT2D eigenvalue weighted by Crippen LogP contribution is 2.20. The molecule has 0 unspecified atom stereocenters. The van der Waals surface area contributed by atoms with Crippen LogP contribution < -0.4 is 20.1 Å². The second kappa shape index (κ2) is 11.8. The number of benzene rings is 1. The van der Waals surface area contributed by atoms with E-state index in [-0.39, 0.29) is 0 Å². The van der Waals surface area contributed by atoms with Gasteiger partial charge in [0.1, 0.15) is 12.4 Å². The molecule has 28 heavy (non-hydrogen) atoms. The Labute approximate surface area is 167 Å². The van der Waals surface area contributed by atoms with E-state index in [1.807, 2.05) is 25.1 Å². The fourth-order valence-corrected chi connectivity index (χ4v) is 2.49. The Bertz CT molecular complexity index is 748. The van der Waals surface area contributed by atoms with Crippen molar-refractivity contribution in [1.29, 1.82) is 0 Å². The standard InChI is InChI=1S/C21H30N4O3/c1-5-22-21(24-14-17-7-9-20(27-4)23-13-17)25-15-18-8-6-16(2)12-19(18)28-11-10-26-3/h6-9,12-13H,5,10-11,14-15H2,1-4H3,(H2,22,24,25). The maximum absolute atomic E-state index is 5.86. The van der Waals surface area contributed by atoms with Crippen LogP contribution in [-0.2, 0) is 17.8 Å². The predicted octanol–water partition coefficient (Wildman–Crippen LogP) is 2.68. The number of methoxy groups -OCH3 is 2. The second-order valence-corrected chi connectivity index (χ2v) is 6.21. The van der Waals surface area contributed by atoms with Crippen LogP contribution in [0.2, 0.25) is 0 Å². The van der Waals surface area contributed by atoms with Gasteiger partial charge in [-0.25, -0.2) is 9.98 Å². The lowest BCUT2D eigenvalue weighted by Gasteiger charge is -2.15. The number of hydrogen-bond donors (Lipinski definition) is 2. The number of aliphatic imine (C=N–C) groups is 1. The van der Waals surface area contributed by atoms with Crippen LogP contribution in [-0.4, -0.2) is 44.9 Å². The minimum atomic E-state index is 0.519. The minimum Gasteiger partial charge on any atom is -0.491 e. The van der Waals surface area contributed by atoms with Crippen molar-refractivity contribution in [2.45, 2.75) is 26.9 Å². The summed E-state index contributed by atoms with van der Waals surface area (Å²) in [7, 11) is 3.27. The van der Waals surface area contributed by atoms with Gasteiger partial charge in [0.2, 0.25) is 5.88 Å². The van der Waals surface area contributed by atoms with Gasteiger partial charge in [-0.3, -0.25) is 0 Å². The smallest absolute Gasteiger partial charge is 0.212 e. The highest BCUT2D eigenvalue weighted by molar-refractivity contribution is 5.79. The molecule has 7 heteroatoms. The summed E-state index contributed by atoms with van der Waals surface area (Å²) in [5.41, 5.74) is 3.24. The molecule has 0 atom stereocenters. The van der Waals surface area contributed by atoms with Gasteiger partial charge in [-0.2, -0.15) is 0 Å². The van der Waals surface area contributed by atoms with Gasteiger partial charge in [-0.1, -0.05) is 18.2 Å². The first-order chi connectivity index (χ1) is 13.7. The Hall–Kier alpha value is -2.80. The quantitative estimate of drug-likeness (QED) is 0.371. The van der Waals surface area contributed by atoms with Gasteiger partial charge in [0, 0.05) is 38.0 Å². The van der Waals surface area contributed by atoms with E-state index in [1.165, 1.54) is 0 Å². The molecule has 0 spiro atoms. The van der Waals surface area contributed by atoms with Gasteiger partial charge >= 0.3 is 0 Å². The molecule has 7 nitrogen and oxygen atoms in total. The maximum Gasteiger partial charge on any atom is 0.212 e. The number of nitrogens with one attached hydrogen (secondary N) is 2. The van der Waals surface area contributed by atoms with Crippen LogP contribution in [0, 0.1) is 6.92 Å². The Morgan fingerprint density at radius 3 is 2.64 bits per heavy atom. The summed E-state index contributed by atoms with van der Waals surface area (Å²) < 4.78 is 16.0. The molecule has 1 aromatic heterocycles. The molecular formula is C21H30N4O3. The van der Waals surface area contributed by atoms with Crippen LogP contribution in [0.15, 0.2) is 41.5 Å². The van der Waals surface area contributed by atoms with E-state index in [2.05, 4.69) is 39.7 Å². The molecule has 1 aromatic carbocycles. The molecule has 0 amide bonds. The normalized spacial score (nSPS) is 11.2. The lowest BCUT2D eigenvalue weighted by atomic mass is 10.1. The molecule has 0 aliphatic heterocycles. The molecule has 0 fully saturated rings. The highest BCUT2D eigenvalue weighted by atomic mass is 16.5. The number of aryl methyl sites for hydroxylation is 1. The van der Waals surface area contributed by atoms with Gasteiger partial charge < -0.3 is 24.8 Å². The molecular weight excluding hydrogens is 356 g/mol.